The topological polar surface area (TPSA) is 65.5 Å². The van der Waals surface area contributed by atoms with Gasteiger partial charge in [-0.1, -0.05) is 0 Å². The first kappa shape index (κ1) is 12.8. The van der Waals surface area contributed by atoms with Crippen molar-refractivity contribution in [2.45, 2.75) is 32.4 Å². The normalized spacial score (nSPS) is 20.0. The first-order chi connectivity index (χ1) is 8.61. The minimum Gasteiger partial charge on any atom is -0.506 e. The molecule has 0 aliphatic carbocycles. The van der Waals surface area contributed by atoms with Crippen molar-refractivity contribution in [1.82, 2.24) is 15.2 Å². The number of rotatable bonds is 3. The van der Waals surface area contributed by atoms with Crippen LogP contribution in [0.3, 0.4) is 0 Å². The lowest BCUT2D eigenvalue weighted by Gasteiger charge is -2.22. The Morgan fingerprint density at radius 3 is 3.11 bits per heavy atom. The van der Waals surface area contributed by atoms with Crippen LogP contribution in [0.15, 0.2) is 12.1 Å². The van der Waals surface area contributed by atoms with E-state index >= 15 is 0 Å². The fourth-order valence-corrected chi connectivity index (χ4v) is 2.39. The second kappa shape index (κ2) is 5.35. The van der Waals surface area contributed by atoms with Crippen LogP contribution < -0.4 is 5.32 Å². The van der Waals surface area contributed by atoms with Crippen molar-refractivity contribution in [3.63, 3.8) is 0 Å². The molecule has 1 atom stereocenters. The van der Waals surface area contributed by atoms with Gasteiger partial charge in [0, 0.05) is 19.3 Å². The maximum atomic E-state index is 11.7. The lowest BCUT2D eigenvalue weighted by atomic mass is 10.2. The van der Waals surface area contributed by atoms with Gasteiger partial charge in [0.2, 0.25) is 5.91 Å². The number of likely N-dealkylation sites (tertiary alicyclic amines) is 1. The largest absolute Gasteiger partial charge is 0.506 e. The monoisotopic (exact) mass is 249 g/mol. The molecule has 1 aliphatic rings. The third-order valence-electron chi connectivity index (χ3n) is 3.35. The number of carbonyl (C=O) groups excluding carboxylic acids is 1. The summed E-state index contributed by atoms with van der Waals surface area (Å²) in [5.74, 6) is 0.239. The smallest absolute Gasteiger partial charge is 0.237 e. The lowest BCUT2D eigenvalue weighted by molar-refractivity contribution is -0.125. The number of amides is 1. The standard InChI is InChI=1S/C13H19N3O2/c1-9-5-6-12(17)10(15-9)8-16-7-3-4-11(16)13(18)14-2/h5-6,11,17H,3-4,7-8H2,1-2H3,(H,14,18). The molecule has 2 rings (SSSR count). The fourth-order valence-electron chi connectivity index (χ4n) is 2.39. The molecule has 0 aromatic carbocycles. The molecule has 2 N–H and O–H groups in total. The summed E-state index contributed by atoms with van der Waals surface area (Å²) in [7, 11) is 1.65. The number of nitrogens with one attached hydrogen (secondary N) is 1. The van der Waals surface area contributed by atoms with E-state index in [9.17, 15) is 9.90 Å². The molecular weight excluding hydrogens is 230 g/mol. The van der Waals surface area contributed by atoms with E-state index in [1.807, 2.05) is 6.92 Å². The zero-order valence-electron chi connectivity index (χ0n) is 10.8. The van der Waals surface area contributed by atoms with Crippen molar-refractivity contribution in [2.24, 2.45) is 0 Å². The van der Waals surface area contributed by atoms with E-state index in [1.54, 1.807) is 19.2 Å². The van der Waals surface area contributed by atoms with Gasteiger partial charge in [0.15, 0.2) is 0 Å². The Hall–Kier alpha value is -1.62. The van der Waals surface area contributed by atoms with Gasteiger partial charge in [-0.15, -0.1) is 0 Å². The van der Waals surface area contributed by atoms with Gasteiger partial charge in [-0.3, -0.25) is 14.7 Å². The molecule has 2 heterocycles. The third kappa shape index (κ3) is 2.61. The number of hydrogen-bond acceptors (Lipinski definition) is 4. The number of aromatic nitrogens is 1. The van der Waals surface area contributed by atoms with Gasteiger partial charge in [-0.05, 0) is 38.4 Å². The van der Waals surface area contributed by atoms with Crippen molar-refractivity contribution >= 4 is 5.91 Å². The summed E-state index contributed by atoms with van der Waals surface area (Å²) < 4.78 is 0. The van der Waals surface area contributed by atoms with E-state index in [2.05, 4.69) is 15.2 Å². The Bertz CT molecular complexity index is 448. The van der Waals surface area contributed by atoms with Gasteiger partial charge < -0.3 is 10.4 Å². The number of nitrogens with zero attached hydrogens (tertiary/aromatic N) is 2. The SMILES string of the molecule is CNC(=O)C1CCCN1Cc1nc(C)ccc1O. The fraction of sp³-hybridized carbons (Fsp3) is 0.538. The van der Waals surface area contributed by atoms with Gasteiger partial charge in [0.05, 0.1) is 11.7 Å². The summed E-state index contributed by atoms with van der Waals surface area (Å²) in [6.45, 7) is 3.28. The quantitative estimate of drug-likeness (QED) is 0.832. The Balaban J connectivity index is 2.13. The van der Waals surface area contributed by atoms with E-state index < -0.39 is 0 Å². The highest BCUT2D eigenvalue weighted by Gasteiger charge is 2.30. The predicted molar refractivity (Wildman–Crippen MR) is 68.1 cm³/mol. The van der Waals surface area contributed by atoms with Crippen LogP contribution >= 0.6 is 0 Å². The number of likely N-dealkylation sites (N-methyl/N-ethyl adjacent to an activating group) is 1. The molecule has 1 amide bonds. The minimum absolute atomic E-state index is 0.0413. The van der Waals surface area contributed by atoms with Gasteiger partial charge in [0.1, 0.15) is 5.75 Å². The van der Waals surface area contributed by atoms with Crippen molar-refractivity contribution in [3.8, 4) is 5.75 Å². The number of pyridine rings is 1. The van der Waals surface area contributed by atoms with Crippen LogP contribution in [-0.2, 0) is 11.3 Å². The summed E-state index contributed by atoms with van der Waals surface area (Å²) >= 11 is 0. The van der Waals surface area contributed by atoms with E-state index in [4.69, 9.17) is 0 Å². The van der Waals surface area contributed by atoms with Crippen LogP contribution in [0.1, 0.15) is 24.2 Å². The lowest BCUT2D eigenvalue weighted by Crippen LogP contribution is -2.41. The Morgan fingerprint density at radius 2 is 2.39 bits per heavy atom. The molecule has 1 aliphatic heterocycles. The zero-order valence-corrected chi connectivity index (χ0v) is 10.8. The average molecular weight is 249 g/mol. The minimum atomic E-state index is -0.100. The molecule has 0 bridgehead atoms. The van der Waals surface area contributed by atoms with Crippen molar-refractivity contribution in [2.75, 3.05) is 13.6 Å². The maximum Gasteiger partial charge on any atom is 0.237 e. The van der Waals surface area contributed by atoms with Crippen LogP contribution in [0.2, 0.25) is 0 Å². The highest BCUT2D eigenvalue weighted by Crippen LogP contribution is 2.23. The van der Waals surface area contributed by atoms with Crippen LogP contribution in [0.4, 0.5) is 0 Å². The van der Waals surface area contributed by atoms with E-state index in [1.165, 1.54) is 0 Å². The molecule has 0 saturated carbocycles. The summed E-state index contributed by atoms with van der Waals surface area (Å²) in [5, 5.41) is 12.5. The molecule has 5 nitrogen and oxygen atoms in total. The molecule has 5 heteroatoms. The number of hydrogen-bond donors (Lipinski definition) is 2. The van der Waals surface area contributed by atoms with Gasteiger partial charge in [-0.2, -0.15) is 0 Å². The van der Waals surface area contributed by atoms with E-state index in [-0.39, 0.29) is 17.7 Å². The summed E-state index contributed by atoms with van der Waals surface area (Å²) in [5.41, 5.74) is 1.52. The van der Waals surface area contributed by atoms with Crippen LogP contribution in [-0.4, -0.2) is 40.5 Å². The first-order valence-corrected chi connectivity index (χ1v) is 6.23. The van der Waals surface area contributed by atoms with Gasteiger partial charge in [0.25, 0.3) is 0 Å². The maximum absolute atomic E-state index is 11.7. The molecule has 1 unspecified atom stereocenters. The van der Waals surface area contributed by atoms with Gasteiger partial charge in [-0.25, -0.2) is 0 Å². The predicted octanol–water partition coefficient (Wildman–Crippen LogP) is 0.806. The third-order valence-corrected chi connectivity index (χ3v) is 3.35. The average Bonchev–Trinajstić information content (AvgIpc) is 2.81. The first-order valence-electron chi connectivity index (χ1n) is 6.23. The van der Waals surface area contributed by atoms with Gasteiger partial charge >= 0.3 is 0 Å². The number of carbonyl (C=O) groups is 1. The second-order valence-electron chi connectivity index (χ2n) is 4.66. The Labute approximate surface area is 107 Å². The summed E-state index contributed by atoms with van der Waals surface area (Å²) in [6.07, 6.45) is 1.87. The van der Waals surface area contributed by atoms with E-state index in [0.29, 0.717) is 12.2 Å². The molecule has 0 radical (unpaired) electrons. The summed E-state index contributed by atoms with van der Waals surface area (Å²) in [6, 6.07) is 3.33. The number of aryl methyl sites for hydroxylation is 1. The highest BCUT2D eigenvalue weighted by atomic mass is 16.3. The molecule has 0 spiro atoms. The number of aromatic hydroxyl groups is 1. The molecule has 18 heavy (non-hydrogen) atoms. The highest BCUT2D eigenvalue weighted by molar-refractivity contribution is 5.81. The van der Waals surface area contributed by atoms with Crippen molar-refractivity contribution in [1.29, 1.82) is 0 Å². The van der Waals surface area contributed by atoms with Crippen molar-refractivity contribution < 1.29 is 9.90 Å². The Morgan fingerprint density at radius 1 is 1.61 bits per heavy atom. The van der Waals surface area contributed by atoms with Crippen molar-refractivity contribution in [3.05, 3.63) is 23.5 Å². The van der Waals surface area contributed by atoms with Crippen LogP contribution in [0, 0.1) is 6.92 Å². The molecule has 1 fully saturated rings. The molecule has 1 aromatic rings. The molecule has 1 aromatic heterocycles. The van der Waals surface area contributed by atoms with Crippen LogP contribution in [0.25, 0.3) is 0 Å². The zero-order chi connectivity index (χ0) is 13.1. The van der Waals surface area contributed by atoms with Crippen LogP contribution in [0.5, 0.6) is 5.75 Å². The summed E-state index contributed by atoms with van der Waals surface area (Å²) in [4.78, 5) is 18.1. The second-order valence-corrected chi connectivity index (χ2v) is 4.66. The Kier molecular flexibility index (Phi) is 3.81. The molecule has 98 valence electrons. The molecule has 1 saturated heterocycles. The van der Waals surface area contributed by atoms with E-state index in [0.717, 1.165) is 25.1 Å². The molecular formula is C13H19N3O2.